The summed E-state index contributed by atoms with van der Waals surface area (Å²) < 4.78 is 6.23. The van der Waals surface area contributed by atoms with Gasteiger partial charge >= 0.3 is 0 Å². The van der Waals surface area contributed by atoms with E-state index in [1.54, 1.807) is 11.9 Å². The van der Waals surface area contributed by atoms with Gasteiger partial charge in [-0.05, 0) is 68.7 Å². The van der Waals surface area contributed by atoms with Crippen molar-refractivity contribution < 1.29 is 14.3 Å². The van der Waals surface area contributed by atoms with Gasteiger partial charge in [-0.1, -0.05) is 12.1 Å². The van der Waals surface area contributed by atoms with Gasteiger partial charge in [0.2, 0.25) is 5.91 Å². The van der Waals surface area contributed by atoms with E-state index < -0.39 is 5.41 Å². The number of likely N-dealkylation sites (tertiary alicyclic amines) is 1. The molecule has 0 atom stereocenters. The van der Waals surface area contributed by atoms with E-state index in [1.165, 1.54) is 5.56 Å². The summed E-state index contributed by atoms with van der Waals surface area (Å²) in [5.74, 6) is 1.03. The van der Waals surface area contributed by atoms with Crippen LogP contribution in [0, 0.1) is 13.8 Å². The first-order valence-corrected chi connectivity index (χ1v) is 10.6. The average Bonchev–Trinajstić information content (AvgIpc) is 2.91. The highest BCUT2D eigenvalue weighted by Gasteiger charge is 2.42. The Morgan fingerprint density at radius 2 is 1.77 bits per heavy atom. The number of rotatable bonds is 3. The second-order valence-electron chi connectivity index (χ2n) is 9.10. The minimum Gasteiger partial charge on any atom is -0.490 e. The Morgan fingerprint density at radius 3 is 2.47 bits per heavy atom. The molecule has 5 heteroatoms. The fraction of sp³-hybridized carbons (Fsp3) is 0.440. The summed E-state index contributed by atoms with van der Waals surface area (Å²) in [6.45, 7) is 9.31. The molecule has 2 aliphatic heterocycles. The summed E-state index contributed by atoms with van der Waals surface area (Å²) in [5, 5.41) is 0. The molecule has 0 radical (unpaired) electrons. The van der Waals surface area contributed by atoms with Crippen LogP contribution in [-0.4, -0.2) is 43.0 Å². The molecule has 2 amide bonds. The van der Waals surface area contributed by atoms with Gasteiger partial charge < -0.3 is 14.5 Å². The summed E-state index contributed by atoms with van der Waals surface area (Å²) in [4.78, 5) is 29.2. The summed E-state index contributed by atoms with van der Waals surface area (Å²) in [6, 6.07) is 11.9. The molecule has 0 bridgehead atoms. The van der Waals surface area contributed by atoms with Gasteiger partial charge in [-0.3, -0.25) is 9.59 Å². The molecule has 0 N–H and O–H groups in total. The van der Waals surface area contributed by atoms with E-state index in [1.807, 2.05) is 36.9 Å². The maximum Gasteiger partial charge on any atom is 0.253 e. The number of carbonyl (C=O) groups excluding carboxylic acids is 2. The lowest BCUT2D eigenvalue weighted by molar-refractivity contribution is -0.121. The van der Waals surface area contributed by atoms with Crippen LogP contribution in [0.5, 0.6) is 5.75 Å². The number of carbonyl (C=O) groups is 2. The number of hydrogen-bond acceptors (Lipinski definition) is 3. The second-order valence-corrected chi connectivity index (χ2v) is 9.10. The number of likely N-dealkylation sites (N-methyl/N-ethyl adjacent to an activating group) is 1. The van der Waals surface area contributed by atoms with Crippen LogP contribution in [0.15, 0.2) is 36.4 Å². The smallest absolute Gasteiger partial charge is 0.253 e. The topological polar surface area (TPSA) is 49.9 Å². The number of benzene rings is 2. The Balaban J connectivity index is 1.44. The van der Waals surface area contributed by atoms with Crippen molar-refractivity contribution in [2.75, 3.05) is 25.0 Å². The number of nitrogens with zero attached hydrogens (tertiary/aromatic N) is 2. The standard InChI is InChI=1S/C25H30N2O3/c1-16-6-7-17(2)22(14-16)30-19-10-12-27(13-11-19)23(28)18-8-9-21-20(15-18)25(3,4)24(29)26(21)5/h6-9,14-15,19H,10-13H2,1-5H3. The Morgan fingerprint density at radius 1 is 1.07 bits per heavy atom. The third-order valence-corrected chi connectivity index (χ3v) is 6.48. The Hall–Kier alpha value is -2.82. The van der Waals surface area contributed by atoms with Crippen molar-refractivity contribution in [3.63, 3.8) is 0 Å². The lowest BCUT2D eigenvalue weighted by atomic mass is 9.85. The lowest BCUT2D eigenvalue weighted by Crippen LogP contribution is -2.41. The van der Waals surface area contributed by atoms with Gasteiger partial charge in [0.1, 0.15) is 11.9 Å². The zero-order valence-corrected chi connectivity index (χ0v) is 18.5. The molecule has 2 aliphatic rings. The molecular formula is C25H30N2O3. The van der Waals surface area contributed by atoms with Gasteiger partial charge in [-0.2, -0.15) is 0 Å². The average molecular weight is 407 g/mol. The van der Waals surface area contributed by atoms with Crippen molar-refractivity contribution in [3.8, 4) is 5.75 Å². The van der Waals surface area contributed by atoms with Crippen molar-refractivity contribution in [1.29, 1.82) is 0 Å². The molecule has 1 fully saturated rings. The Kier molecular flexibility index (Phi) is 5.08. The third kappa shape index (κ3) is 3.47. The number of amides is 2. The minimum atomic E-state index is -0.604. The lowest BCUT2D eigenvalue weighted by Gasteiger charge is -2.32. The zero-order valence-electron chi connectivity index (χ0n) is 18.5. The quantitative estimate of drug-likeness (QED) is 0.766. The number of hydrogen-bond donors (Lipinski definition) is 0. The van der Waals surface area contributed by atoms with Crippen molar-refractivity contribution in [3.05, 3.63) is 58.7 Å². The van der Waals surface area contributed by atoms with E-state index in [9.17, 15) is 9.59 Å². The highest BCUT2D eigenvalue weighted by Crippen LogP contribution is 2.41. The van der Waals surface area contributed by atoms with Gasteiger partial charge in [0, 0.05) is 44.2 Å². The molecule has 2 heterocycles. The maximum absolute atomic E-state index is 13.1. The number of aryl methyl sites for hydroxylation is 2. The van der Waals surface area contributed by atoms with Gasteiger partial charge in [0.05, 0.1) is 5.41 Å². The number of anilines is 1. The van der Waals surface area contributed by atoms with E-state index in [4.69, 9.17) is 4.74 Å². The van der Waals surface area contributed by atoms with Gasteiger partial charge in [0.15, 0.2) is 0 Å². The van der Waals surface area contributed by atoms with E-state index in [2.05, 4.69) is 32.0 Å². The predicted octanol–water partition coefficient (Wildman–Crippen LogP) is 4.24. The van der Waals surface area contributed by atoms with E-state index >= 15 is 0 Å². The molecular weight excluding hydrogens is 376 g/mol. The number of ether oxygens (including phenoxy) is 1. The van der Waals surface area contributed by atoms with Crippen molar-refractivity contribution in [2.24, 2.45) is 0 Å². The highest BCUT2D eigenvalue weighted by atomic mass is 16.5. The molecule has 2 aromatic rings. The van der Waals surface area contributed by atoms with Crippen LogP contribution < -0.4 is 9.64 Å². The largest absolute Gasteiger partial charge is 0.490 e. The number of fused-ring (bicyclic) bond motifs is 1. The fourth-order valence-corrected chi connectivity index (χ4v) is 4.48. The number of piperidine rings is 1. The van der Waals surface area contributed by atoms with Crippen LogP contribution >= 0.6 is 0 Å². The van der Waals surface area contributed by atoms with Crippen molar-refractivity contribution >= 4 is 17.5 Å². The van der Waals surface area contributed by atoms with E-state index in [0.29, 0.717) is 18.7 Å². The monoisotopic (exact) mass is 406 g/mol. The summed E-state index contributed by atoms with van der Waals surface area (Å²) >= 11 is 0. The molecule has 5 nitrogen and oxygen atoms in total. The van der Waals surface area contributed by atoms with E-state index in [-0.39, 0.29) is 17.9 Å². The summed E-state index contributed by atoms with van der Waals surface area (Å²) in [6.07, 6.45) is 1.76. The fourth-order valence-electron chi connectivity index (χ4n) is 4.48. The van der Waals surface area contributed by atoms with E-state index in [0.717, 1.165) is 35.4 Å². The van der Waals surface area contributed by atoms with Crippen LogP contribution in [0.2, 0.25) is 0 Å². The van der Waals surface area contributed by atoms with Crippen molar-refractivity contribution in [2.45, 2.75) is 52.1 Å². The van der Waals surface area contributed by atoms with Gasteiger partial charge in [0.25, 0.3) is 5.91 Å². The molecule has 0 aromatic heterocycles. The summed E-state index contributed by atoms with van der Waals surface area (Å²) in [7, 11) is 1.79. The van der Waals surface area contributed by atoms with Crippen LogP contribution in [-0.2, 0) is 10.2 Å². The van der Waals surface area contributed by atoms with Crippen LogP contribution in [0.3, 0.4) is 0 Å². The summed E-state index contributed by atoms with van der Waals surface area (Å²) in [5.41, 5.74) is 4.19. The molecule has 4 rings (SSSR count). The highest BCUT2D eigenvalue weighted by molar-refractivity contribution is 6.08. The zero-order chi connectivity index (χ0) is 21.6. The Labute approximate surface area is 178 Å². The molecule has 0 saturated carbocycles. The SMILES string of the molecule is Cc1ccc(C)c(OC2CCN(C(=O)c3ccc4c(c3)C(C)(C)C(=O)N4C)CC2)c1. The maximum atomic E-state index is 13.1. The molecule has 158 valence electrons. The first-order valence-electron chi connectivity index (χ1n) is 10.6. The molecule has 0 aliphatic carbocycles. The molecule has 0 spiro atoms. The molecule has 30 heavy (non-hydrogen) atoms. The van der Waals surface area contributed by atoms with Gasteiger partial charge in [-0.25, -0.2) is 0 Å². The van der Waals surface area contributed by atoms with Gasteiger partial charge in [-0.15, -0.1) is 0 Å². The normalized spacial score (nSPS) is 18.5. The third-order valence-electron chi connectivity index (χ3n) is 6.48. The molecule has 0 unspecified atom stereocenters. The first-order chi connectivity index (χ1) is 14.2. The van der Waals surface area contributed by atoms with Crippen molar-refractivity contribution in [1.82, 2.24) is 4.90 Å². The Bertz CT molecular complexity index is 1000. The predicted molar refractivity (Wildman–Crippen MR) is 118 cm³/mol. The van der Waals surface area contributed by atoms with Crippen LogP contribution in [0.4, 0.5) is 5.69 Å². The second kappa shape index (κ2) is 7.46. The minimum absolute atomic E-state index is 0.0285. The molecule has 1 saturated heterocycles. The van der Waals surface area contributed by atoms with Crippen LogP contribution in [0.25, 0.3) is 0 Å². The van der Waals surface area contributed by atoms with Crippen LogP contribution in [0.1, 0.15) is 53.7 Å². The first kappa shape index (κ1) is 20.5. The molecule has 2 aromatic carbocycles.